The van der Waals surface area contributed by atoms with E-state index in [1.165, 1.54) is 0 Å². The van der Waals surface area contributed by atoms with Gasteiger partial charge in [0.05, 0.1) is 12.1 Å². The first kappa shape index (κ1) is 18.0. The third-order valence-corrected chi connectivity index (χ3v) is 4.64. The first-order chi connectivity index (χ1) is 10.6. The van der Waals surface area contributed by atoms with Crippen LogP contribution in [0.2, 0.25) is 19.6 Å². The van der Waals surface area contributed by atoms with Gasteiger partial charge in [-0.1, -0.05) is 30.3 Å². The Hall–Kier alpha value is -1.33. The van der Waals surface area contributed by atoms with Gasteiger partial charge in [0.25, 0.3) is 0 Å². The Bertz CT molecular complexity index is 533. The molecule has 23 heavy (non-hydrogen) atoms. The summed E-state index contributed by atoms with van der Waals surface area (Å²) in [7, 11) is -1.64. The Balaban J connectivity index is 2.19. The molecule has 1 aromatic carbocycles. The highest BCUT2D eigenvalue weighted by molar-refractivity contribution is 6.69. The Labute approximate surface area is 140 Å². The van der Waals surface area contributed by atoms with Crippen LogP contribution in [-0.4, -0.2) is 37.6 Å². The molecule has 0 aliphatic carbocycles. The third kappa shape index (κ3) is 5.36. The first-order valence-corrected chi connectivity index (χ1v) is 11.7. The Morgan fingerprint density at radius 3 is 2.30 bits per heavy atom. The Kier molecular flexibility index (Phi) is 5.21. The van der Waals surface area contributed by atoms with Gasteiger partial charge in [0.15, 0.2) is 8.32 Å². The molecule has 128 valence electrons. The number of benzene rings is 1. The van der Waals surface area contributed by atoms with E-state index < -0.39 is 13.9 Å². The molecule has 0 spiro atoms. The molecule has 0 aromatic heterocycles. The number of carbonyl (C=O) groups is 1. The zero-order valence-electron chi connectivity index (χ0n) is 15.1. The van der Waals surface area contributed by atoms with E-state index in [4.69, 9.17) is 9.16 Å². The van der Waals surface area contributed by atoms with Crippen LogP contribution in [0.15, 0.2) is 30.3 Å². The van der Waals surface area contributed by atoms with E-state index in [-0.39, 0.29) is 18.2 Å². The quantitative estimate of drug-likeness (QED) is 0.758. The molecule has 1 saturated heterocycles. The monoisotopic (exact) mass is 335 g/mol. The number of rotatable bonds is 3. The van der Waals surface area contributed by atoms with Crippen molar-refractivity contribution in [1.29, 1.82) is 0 Å². The number of ether oxygens (including phenoxy) is 1. The third-order valence-electron chi connectivity index (χ3n) is 3.60. The number of hydrogen-bond acceptors (Lipinski definition) is 3. The minimum absolute atomic E-state index is 0.0207. The van der Waals surface area contributed by atoms with Crippen LogP contribution >= 0.6 is 0 Å². The normalized spacial score (nSPS) is 22.3. The molecule has 0 N–H and O–H groups in total. The lowest BCUT2D eigenvalue weighted by Gasteiger charge is -2.28. The van der Waals surface area contributed by atoms with Crippen molar-refractivity contribution in [2.45, 2.75) is 64.6 Å². The topological polar surface area (TPSA) is 38.8 Å². The second-order valence-corrected chi connectivity index (χ2v) is 12.6. The Morgan fingerprint density at radius 2 is 1.78 bits per heavy atom. The highest BCUT2D eigenvalue weighted by Crippen LogP contribution is 2.35. The van der Waals surface area contributed by atoms with E-state index in [0.717, 1.165) is 12.0 Å². The lowest BCUT2D eigenvalue weighted by atomic mass is 10.0. The standard InChI is InChI=1S/C18H29NO3Si/c1-18(2,3)21-17(20)19-13-15(22-23(4,5)6)12-16(19)14-10-8-7-9-11-14/h7-11,15-16H,12-13H2,1-6H3/t15?,16-/m0/s1. The maximum absolute atomic E-state index is 12.6. The van der Waals surface area contributed by atoms with Gasteiger partial charge in [-0.15, -0.1) is 0 Å². The molecule has 1 unspecified atom stereocenters. The predicted molar refractivity (Wildman–Crippen MR) is 95.0 cm³/mol. The van der Waals surface area contributed by atoms with Crippen LogP contribution in [0.3, 0.4) is 0 Å². The molecule has 2 rings (SSSR count). The minimum Gasteiger partial charge on any atom is -0.444 e. The SMILES string of the molecule is CC(C)(C)OC(=O)N1CC(O[Si](C)(C)C)C[C@H]1c1ccccc1. The van der Waals surface area contributed by atoms with Crippen molar-refractivity contribution in [3.63, 3.8) is 0 Å². The largest absolute Gasteiger partial charge is 0.444 e. The lowest BCUT2D eigenvalue weighted by Crippen LogP contribution is -2.38. The summed E-state index contributed by atoms with van der Waals surface area (Å²) in [5.74, 6) is 0. The molecule has 2 atom stereocenters. The summed E-state index contributed by atoms with van der Waals surface area (Å²) in [6.07, 6.45) is 0.653. The van der Waals surface area contributed by atoms with Crippen molar-refractivity contribution >= 4 is 14.4 Å². The van der Waals surface area contributed by atoms with Gasteiger partial charge in [0.1, 0.15) is 5.60 Å². The summed E-state index contributed by atoms with van der Waals surface area (Å²) in [5, 5.41) is 0. The molecule has 1 amide bonds. The Morgan fingerprint density at radius 1 is 1.17 bits per heavy atom. The van der Waals surface area contributed by atoms with E-state index in [9.17, 15) is 4.79 Å². The smallest absolute Gasteiger partial charge is 0.410 e. The van der Waals surface area contributed by atoms with Crippen LogP contribution < -0.4 is 0 Å². The summed E-state index contributed by atoms with van der Waals surface area (Å²) in [5.41, 5.74) is 0.649. The molecule has 1 aliphatic heterocycles. The van der Waals surface area contributed by atoms with Crippen molar-refractivity contribution in [3.05, 3.63) is 35.9 Å². The van der Waals surface area contributed by atoms with Crippen LogP contribution in [0, 0.1) is 0 Å². The number of hydrogen-bond donors (Lipinski definition) is 0. The van der Waals surface area contributed by atoms with Gasteiger partial charge >= 0.3 is 6.09 Å². The van der Waals surface area contributed by atoms with Crippen LogP contribution in [0.25, 0.3) is 0 Å². The second kappa shape index (κ2) is 6.65. The zero-order chi connectivity index (χ0) is 17.3. The fourth-order valence-corrected chi connectivity index (χ4v) is 4.07. The molecule has 0 radical (unpaired) electrons. The number of likely N-dealkylation sites (tertiary alicyclic amines) is 1. The molecule has 1 heterocycles. The summed E-state index contributed by atoms with van der Waals surface area (Å²) in [4.78, 5) is 14.4. The number of carbonyl (C=O) groups excluding carboxylic acids is 1. The molecule has 1 aliphatic rings. The van der Waals surface area contributed by atoms with E-state index in [2.05, 4.69) is 31.8 Å². The van der Waals surface area contributed by atoms with Crippen LogP contribution in [-0.2, 0) is 9.16 Å². The van der Waals surface area contributed by atoms with E-state index in [1.54, 1.807) is 0 Å². The van der Waals surface area contributed by atoms with Gasteiger partial charge in [-0.25, -0.2) is 4.79 Å². The molecule has 0 bridgehead atoms. The highest BCUT2D eigenvalue weighted by atomic mass is 28.4. The van der Waals surface area contributed by atoms with Crippen molar-refractivity contribution < 1.29 is 14.0 Å². The zero-order valence-corrected chi connectivity index (χ0v) is 16.1. The lowest BCUT2D eigenvalue weighted by molar-refractivity contribution is 0.0209. The molecule has 1 fully saturated rings. The van der Waals surface area contributed by atoms with Gasteiger partial charge in [-0.3, -0.25) is 4.90 Å². The molecule has 4 nitrogen and oxygen atoms in total. The van der Waals surface area contributed by atoms with E-state index in [0.29, 0.717) is 6.54 Å². The molecule has 1 aromatic rings. The first-order valence-electron chi connectivity index (χ1n) is 8.27. The van der Waals surface area contributed by atoms with Gasteiger partial charge in [-0.2, -0.15) is 0 Å². The van der Waals surface area contributed by atoms with E-state index >= 15 is 0 Å². The predicted octanol–water partition coefficient (Wildman–Crippen LogP) is 4.59. The average molecular weight is 336 g/mol. The molecular weight excluding hydrogens is 306 g/mol. The van der Waals surface area contributed by atoms with Crippen LogP contribution in [0.1, 0.15) is 38.8 Å². The summed E-state index contributed by atoms with van der Waals surface area (Å²) in [6, 6.07) is 10.2. The maximum Gasteiger partial charge on any atom is 0.410 e. The average Bonchev–Trinajstić information content (AvgIpc) is 2.79. The highest BCUT2D eigenvalue weighted by Gasteiger charge is 2.40. The van der Waals surface area contributed by atoms with Gasteiger partial charge < -0.3 is 9.16 Å². The van der Waals surface area contributed by atoms with Crippen LogP contribution in [0.5, 0.6) is 0 Å². The van der Waals surface area contributed by atoms with Crippen molar-refractivity contribution in [2.75, 3.05) is 6.54 Å². The van der Waals surface area contributed by atoms with Gasteiger partial charge in [0, 0.05) is 6.54 Å². The summed E-state index contributed by atoms with van der Waals surface area (Å²) in [6.45, 7) is 12.8. The second-order valence-electron chi connectivity index (χ2n) is 8.15. The number of amides is 1. The molecular formula is C18H29NO3Si. The van der Waals surface area contributed by atoms with Crippen LogP contribution in [0.4, 0.5) is 4.79 Å². The van der Waals surface area contributed by atoms with Crippen molar-refractivity contribution in [2.24, 2.45) is 0 Å². The van der Waals surface area contributed by atoms with E-state index in [1.807, 2.05) is 43.9 Å². The fourth-order valence-electron chi connectivity index (χ4n) is 2.90. The number of nitrogens with zero attached hydrogens (tertiary/aromatic N) is 1. The van der Waals surface area contributed by atoms with Crippen molar-refractivity contribution in [3.8, 4) is 0 Å². The molecule has 5 heteroatoms. The van der Waals surface area contributed by atoms with Gasteiger partial charge in [-0.05, 0) is 52.4 Å². The van der Waals surface area contributed by atoms with Gasteiger partial charge in [0.2, 0.25) is 0 Å². The van der Waals surface area contributed by atoms with Crippen molar-refractivity contribution in [1.82, 2.24) is 4.90 Å². The summed E-state index contributed by atoms with van der Waals surface area (Å²) < 4.78 is 11.8. The fraction of sp³-hybridized carbons (Fsp3) is 0.611. The summed E-state index contributed by atoms with van der Waals surface area (Å²) >= 11 is 0. The minimum atomic E-state index is -1.64. The molecule has 0 saturated carbocycles. The maximum atomic E-state index is 12.6.